The summed E-state index contributed by atoms with van der Waals surface area (Å²) in [6.07, 6.45) is 19.6. The normalized spacial score (nSPS) is 13.7. The highest BCUT2D eigenvalue weighted by Crippen LogP contribution is 2.11. The van der Waals surface area contributed by atoms with Gasteiger partial charge in [0.1, 0.15) is 6.10 Å². The van der Waals surface area contributed by atoms with Crippen LogP contribution in [0.5, 0.6) is 0 Å². The van der Waals surface area contributed by atoms with Crippen LogP contribution in [0.1, 0.15) is 110 Å². The molecule has 5 heteroatoms. The van der Waals surface area contributed by atoms with E-state index in [1.165, 1.54) is 64.2 Å². The van der Waals surface area contributed by atoms with Gasteiger partial charge in [0.05, 0.1) is 6.61 Å². The van der Waals surface area contributed by atoms with Crippen LogP contribution < -0.4 is 0 Å². The van der Waals surface area contributed by atoms with Crippen LogP contribution in [0.25, 0.3) is 0 Å². The summed E-state index contributed by atoms with van der Waals surface area (Å²) in [6, 6.07) is 0. The van der Waals surface area contributed by atoms with Crippen molar-refractivity contribution in [3.8, 4) is 0 Å². The first-order valence-corrected chi connectivity index (χ1v) is 11.4. The lowest BCUT2D eigenvalue weighted by Crippen LogP contribution is -2.32. The van der Waals surface area contributed by atoms with E-state index in [9.17, 15) is 9.90 Å². The number of unbranched alkanes of at least 4 members (excludes halogenated alkanes) is 13. The summed E-state index contributed by atoms with van der Waals surface area (Å²) in [5.74, 6) is -0.601. The Hall–Kier alpha value is -0.910. The summed E-state index contributed by atoms with van der Waals surface area (Å²) in [5.41, 5.74) is 0. The Balaban J connectivity index is 3.30. The molecule has 0 aliphatic carbocycles. The molecule has 0 heterocycles. The van der Waals surface area contributed by atoms with Gasteiger partial charge in [0.25, 0.3) is 6.29 Å². The number of hydrogen-bond acceptors (Lipinski definition) is 4. The van der Waals surface area contributed by atoms with Gasteiger partial charge >= 0.3 is 5.97 Å². The fourth-order valence-corrected chi connectivity index (χ4v) is 3.05. The summed E-state index contributed by atoms with van der Waals surface area (Å²) in [4.78, 5) is 11.4. The van der Waals surface area contributed by atoms with Gasteiger partial charge in [0.2, 0.25) is 0 Å². The molecule has 0 spiro atoms. The lowest BCUT2D eigenvalue weighted by atomic mass is 10.1. The van der Waals surface area contributed by atoms with Crippen LogP contribution in [0, 0.1) is 0 Å². The van der Waals surface area contributed by atoms with Gasteiger partial charge in [0, 0.05) is 6.42 Å². The maximum Gasteiger partial charge on any atom is 0.308 e. The summed E-state index contributed by atoms with van der Waals surface area (Å²) >= 11 is 0. The number of ether oxygens (including phenoxy) is 1. The minimum absolute atomic E-state index is 0.190. The molecule has 28 heavy (non-hydrogen) atoms. The highest BCUT2D eigenvalue weighted by molar-refractivity contribution is 5.69. The van der Waals surface area contributed by atoms with Crippen molar-refractivity contribution in [2.75, 3.05) is 6.61 Å². The molecule has 0 aliphatic heterocycles. The van der Waals surface area contributed by atoms with Gasteiger partial charge < -0.3 is 14.9 Å². The van der Waals surface area contributed by atoms with Crippen molar-refractivity contribution in [3.05, 3.63) is 12.2 Å². The molecule has 0 aromatic heterocycles. The summed E-state index contributed by atoms with van der Waals surface area (Å²) in [6.45, 7) is 1.56. The highest BCUT2D eigenvalue weighted by Gasteiger charge is 2.20. The average Bonchev–Trinajstić information content (AvgIpc) is 2.69. The number of allylic oxidation sites excluding steroid dienone is 2. The van der Waals surface area contributed by atoms with Crippen LogP contribution >= 0.6 is 0 Å². The van der Waals surface area contributed by atoms with Crippen molar-refractivity contribution in [2.45, 2.75) is 122 Å². The Morgan fingerprint density at radius 2 is 1.29 bits per heavy atom. The zero-order valence-electron chi connectivity index (χ0n) is 17.9. The molecule has 0 aromatic rings. The van der Waals surface area contributed by atoms with E-state index >= 15 is 0 Å². The first-order chi connectivity index (χ1) is 13.6. The molecule has 0 saturated heterocycles. The van der Waals surface area contributed by atoms with E-state index in [4.69, 9.17) is 10.2 Å². The van der Waals surface area contributed by atoms with Crippen molar-refractivity contribution in [1.82, 2.24) is 0 Å². The second-order valence-electron chi connectivity index (χ2n) is 7.65. The number of aliphatic hydroxyl groups is 2. The summed E-state index contributed by atoms with van der Waals surface area (Å²) in [7, 11) is 0. The molecule has 0 aliphatic rings. The van der Waals surface area contributed by atoms with Crippen LogP contribution in [-0.2, 0) is 14.6 Å². The second kappa shape index (κ2) is 20.8. The molecule has 2 N–H and O–H groups in total. The van der Waals surface area contributed by atoms with E-state index in [0.29, 0.717) is 6.42 Å². The van der Waals surface area contributed by atoms with E-state index < -0.39 is 25.0 Å². The monoisotopic (exact) mass is 399 g/mol. The minimum Gasteiger partial charge on any atom is -0.430 e. The number of esters is 1. The summed E-state index contributed by atoms with van der Waals surface area (Å²) < 4.78 is 4.52. The van der Waals surface area contributed by atoms with Gasteiger partial charge in [-0.2, -0.15) is 5.11 Å². The van der Waals surface area contributed by atoms with Crippen LogP contribution in [0.2, 0.25) is 0 Å². The molecule has 5 nitrogen and oxygen atoms in total. The Morgan fingerprint density at radius 1 is 0.821 bits per heavy atom. The predicted octanol–water partition coefficient (Wildman–Crippen LogP) is 5.46. The topological polar surface area (TPSA) is 86.7 Å². The first-order valence-electron chi connectivity index (χ1n) is 11.4. The molecule has 2 unspecified atom stereocenters. The first kappa shape index (κ1) is 27.1. The molecule has 1 radical (unpaired) electrons. The number of rotatable bonds is 20. The number of carbonyl (C=O) groups excluding carboxylic acids is 1. The van der Waals surface area contributed by atoms with E-state index in [1.807, 2.05) is 0 Å². The van der Waals surface area contributed by atoms with Crippen LogP contribution in [0.4, 0.5) is 0 Å². The summed E-state index contributed by atoms with van der Waals surface area (Å²) in [5, 5.41) is 28.8. The molecule has 0 saturated carbocycles. The number of hydrogen-bond donors (Lipinski definition) is 2. The predicted molar refractivity (Wildman–Crippen MR) is 112 cm³/mol. The zero-order valence-corrected chi connectivity index (χ0v) is 17.9. The van der Waals surface area contributed by atoms with E-state index in [-0.39, 0.29) is 6.42 Å². The Kier molecular flexibility index (Phi) is 20.1. The third kappa shape index (κ3) is 18.5. The van der Waals surface area contributed by atoms with Crippen molar-refractivity contribution >= 4 is 5.97 Å². The van der Waals surface area contributed by atoms with E-state index in [0.717, 1.165) is 25.7 Å². The van der Waals surface area contributed by atoms with E-state index in [1.54, 1.807) is 0 Å². The van der Waals surface area contributed by atoms with Crippen LogP contribution in [0.3, 0.4) is 0 Å². The minimum atomic E-state index is -1.89. The molecule has 0 fully saturated rings. The maximum absolute atomic E-state index is 11.4. The van der Waals surface area contributed by atoms with Crippen molar-refractivity contribution in [3.63, 3.8) is 0 Å². The third-order valence-corrected chi connectivity index (χ3v) is 4.89. The maximum atomic E-state index is 11.4. The van der Waals surface area contributed by atoms with Gasteiger partial charge in [-0.1, -0.05) is 83.3 Å². The van der Waals surface area contributed by atoms with Gasteiger partial charge in [-0.05, 0) is 32.1 Å². The standard InChI is InChI=1S/C23H43O5/c1-2-3-4-5-6-7-8-9-10-11-12-13-14-15-16-17-18-19-22(26)28-23(27)21(25)20-24/h11-12,21,23-25H,2-10,13-20H2,1H3/b12-11-. The third-order valence-electron chi connectivity index (χ3n) is 4.89. The number of carbonyl (C=O) groups is 1. The molecule has 0 bridgehead atoms. The van der Waals surface area contributed by atoms with Crippen molar-refractivity contribution in [2.24, 2.45) is 0 Å². The Labute approximate surface area is 172 Å². The molecule has 2 atom stereocenters. The number of aliphatic hydroxyl groups excluding tert-OH is 2. The molecule has 0 amide bonds. The van der Waals surface area contributed by atoms with Gasteiger partial charge in [-0.3, -0.25) is 4.79 Å². The van der Waals surface area contributed by atoms with Crippen molar-refractivity contribution < 1.29 is 24.9 Å². The smallest absolute Gasteiger partial charge is 0.308 e. The lowest BCUT2D eigenvalue weighted by Gasteiger charge is -2.13. The average molecular weight is 400 g/mol. The van der Waals surface area contributed by atoms with Crippen LogP contribution in [0.15, 0.2) is 12.2 Å². The Bertz CT molecular complexity index is 370. The molecular formula is C23H43O5. The SMILES string of the molecule is CCCCCCCCCC/C=C\CCCCCCCC(=O)OC([O])C(O)CO. The molecule has 165 valence electrons. The van der Waals surface area contributed by atoms with Crippen molar-refractivity contribution in [1.29, 1.82) is 0 Å². The fourth-order valence-electron chi connectivity index (χ4n) is 3.05. The Morgan fingerprint density at radius 3 is 1.79 bits per heavy atom. The largest absolute Gasteiger partial charge is 0.430 e. The van der Waals surface area contributed by atoms with Gasteiger partial charge in [0.15, 0.2) is 0 Å². The van der Waals surface area contributed by atoms with E-state index in [2.05, 4.69) is 23.8 Å². The second-order valence-corrected chi connectivity index (χ2v) is 7.65. The fraction of sp³-hybridized carbons (Fsp3) is 0.870. The molecule has 0 aromatic carbocycles. The quantitative estimate of drug-likeness (QED) is 0.123. The van der Waals surface area contributed by atoms with Gasteiger partial charge in [-0.15, -0.1) is 0 Å². The molecule has 0 rings (SSSR count). The lowest BCUT2D eigenvalue weighted by molar-refractivity contribution is -0.208. The highest BCUT2D eigenvalue weighted by atomic mass is 16.6. The zero-order chi connectivity index (χ0) is 20.9. The van der Waals surface area contributed by atoms with Gasteiger partial charge in [-0.25, -0.2) is 0 Å². The molecular weight excluding hydrogens is 356 g/mol. The van der Waals surface area contributed by atoms with Crippen LogP contribution in [-0.4, -0.2) is 35.2 Å².